The summed E-state index contributed by atoms with van der Waals surface area (Å²) in [6.07, 6.45) is 2.05. The zero-order chi connectivity index (χ0) is 13.4. The molecule has 2 unspecified atom stereocenters. The maximum absolute atomic E-state index is 11.6. The van der Waals surface area contributed by atoms with E-state index in [0.29, 0.717) is 18.7 Å². The molecule has 0 bridgehead atoms. The second kappa shape index (κ2) is 7.61. The number of amides is 2. The zero-order valence-corrected chi connectivity index (χ0v) is 10.8. The molecule has 0 radical (unpaired) electrons. The average Bonchev–Trinajstić information content (AvgIpc) is 2.37. The van der Waals surface area contributed by atoms with Crippen molar-refractivity contribution in [3.8, 4) is 0 Å². The Hall–Kier alpha value is -1.68. The highest BCUT2D eigenvalue weighted by molar-refractivity contribution is 5.89. The predicted molar refractivity (Wildman–Crippen MR) is 71.0 cm³/mol. The molecular weight excluding hydrogens is 228 g/mol. The van der Waals surface area contributed by atoms with Crippen molar-refractivity contribution in [3.63, 3.8) is 0 Å². The van der Waals surface area contributed by atoms with Crippen molar-refractivity contribution >= 4 is 12.3 Å². The minimum absolute atomic E-state index is 0.271. The van der Waals surface area contributed by atoms with Gasteiger partial charge in [-0.25, -0.2) is 0 Å². The molecule has 0 saturated carbocycles. The molecule has 0 spiro atoms. The first-order valence-electron chi connectivity index (χ1n) is 6.12. The van der Waals surface area contributed by atoms with Crippen LogP contribution >= 0.6 is 0 Å². The van der Waals surface area contributed by atoms with Crippen molar-refractivity contribution in [3.05, 3.63) is 35.9 Å². The second-order valence-corrected chi connectivity index (χ2v) is 4.50. The van der Waals surface area contributed by atoms with Gasteiger partial charge in [-0.15, -0.1) is 0 Å². The van der Waals surface area contributed by atoms with E-state index in [1.807, 2.05) is 18.2 Å². The highest BCUT2D eigenvalue weighted by Crippen LogP contribution is 2.13. The lowest BCUT2D eigenvalue weighted by atomic mass is 9.94. The van der Waals surface area contributed by atoms with Gasteiger partial charge in [0, 0.05) is 0 Å². The molecule has 0 aromatic heterocycles. The SMILES string of the molecule is CNC(CC(C)Cc1ccccc1)C(=O)NC=O. The molecule has 2 atom stereocenters. The van der Waals surface area contributed by atoms with Crippen LogP contribution in [0.15, 0.2) is 30.3 Å². The summed E-state index contributed by atoms with van der Waals surface area (Å²) in [7, 11) is 1.73. The summed E-state index contributed by atoms with van der Waals surface area (Å²) in [5.41, 5.74) is 1.26. The fourth-order valence-corrected chi connectivity index (χ4v) is 2.02. The maximum atomic E-state index is 11.6. The van der Waals surface area contributed by atoms with Crippen molar-refractivity contribution in [2.45, 2.75) is 25.8 Å². The van der Waals surface area contributed by atoms with Crippen molar-refractivity contribution < 1.29 is 9.59 Å². The van der Waals surface area contributed by atoms with Gasteiger partial charge in [0.25, 0.3) is 0 Å². The van der Waals surface area contributed by atoms with E-state index in [2.05, 4.69) is 29.7 Å². The first kappa shape index (κ1) is 14.4. The van der Waals surface area contributed by atoms with E-state index in [4.69, 9.17) is 0 Å². The quantitative estimate of drug-likeness (QED) is 0.711. The third-order valence-corrected chi connectivity index (χ3v) is 2.93. The van der Waals surface area contributed by atoms with E-state index in [0.717, 1.165) is 6.42 Å². The van der Waals surface area contributed by atoms with Crippen LogP contribution in [0.5, 0.6) is 0 Å². The van der Waals surface area contributed by atoms with Gasteiger partial charge in [-0.05, 0) is 31.4 Å². The number of nitrogens with one attached hydrogen (secondary N) is 2. The molecule has 2 N–H and O–H groups in total. The molecule has 18 heavy (non-hydrogen) atoms. The molecule has 0 saturated heterocycles. The lowest BCUT2D eigenvalue weighted by molar-refractivity contribution is -0.127. The summed E-state index contributed by atoms with van der Waals surface area (Å²) in [6.45, 7) is 2.10. The van der Waals surface area contributed by atoms with Crippen LogP contribution < -0.4 is 10.6 Å². The summed E-state index contributed by atoms with van der Waals surface area (Å²) in [6, 6.07) is 9.84. The van der Waals surface area contributed by atoms with Crippen LogP contribution in [0.4, 0.5) is 0 Å². The van der Waals surface area contributed by atoms with Gasteiger partial charge >= 0.3 is 0 Å². The Morgan fingerprint density at radius 3 is 2.56 bits per heavy atom. The van der Waals surface area contributed by atoms with Gasteiger partial charge in [-0.3, -0.25) is 14.9 Å². The molecule has 0 aliphatic rings. The molecule has 0 aliphatic heterocycles. The Bertz CT molecular complexity index is 379. The molecule has 0 aliphatic carbocycles. The summed E-state index contributed by atoms with van der Waals surface area (Å²) < 4.78 is 0. The topological polar surface area (TPSA) is 58.2 Å². The van der Waals surface area contributed by atoms with E-state index in [1.54, 1.807) is 7.05 Å². The van der Waals surface area contributed by atoms with Crippen molar-refractivity contribution in [2.75, 3.05) is 7.05 Å². The van der Waals surface area contributed by atoms with Crippen LogP contribution in [0.25, 0.3) is 0 Å². The molecule has 0 heterocycles. The lowest BCUT2D eigenvalue weighted by Crippen LogP contribution is -2.43. The number of hydrogen-bond donors (Lipinski definition) is 2. The first-order valence-corrected chi connectivity index (χ1v) is 6.12. The lowest BCUT2D eigenvalue weighted by Gasteiger charge is -2.18. The van der Waals surface area contributed by atoms with Crippen LogP contribution in [0.2, 0.25) is 0 Å². The summed E-state index contributed by atoms with van der Waals surface area (Å²) in [5.74, 6) is 0.0923. The summed E-state index contributed by atoms with van der Waals surface area (Å²) in [4.78, 5) is 21.8. The number of carbonyl (C=O) groups excluding carboxylic acids is 2. The van der Waals surface area contributed by atoms with Crippen molar-refractivity contribution in [2.24, 2.45) is 5.92 Å². The van der Waals surface area contributed by atoms with Gasteiger partial charge in [0.2, 0.25) is 12.3 Å². The number of carbonyl (C=O) groups is 2. The minimum atomic E-state index is -0.325. The van der Waals surface area contributed by atoms with E-state index in [1.165, 1.54) is 5.56 Å². The third-order valence-electron chi connectivity index (χ3n) is 2.93. The predicted octanol–water partition coefficient (Wildman–Crippen LogP) is 1.12. The molecule has 1 aromatic rings. The monoisotopic (exact) mass is 248 g/mol. The molecule has 4 nitrogen and oxygen atoms in total. The van der Waals surface area contributed by atoms with Crippen LogP contribution in [0.1, 0.15) is 18.9 Å². The Kier molecular flexibility index (Phi) is 6.08. The van der Waals surface area contributed by atoms with Gasteiger partial charge in [-0.2, -0.15) is 0 Å². The zero-order valence-electron chi connectivity index (χ0n) is 10.8. The summed E-state index contributed by atoms with van der Waals surface area (Å²) >= 11 is 0. The minimum Gasteiger partial charge on any atom is -0.309 e. The average molecular weight is 248 g/mol. The van der Waals surface area contributed by atoms with Crippen LogP contribution in [0.3, 0.4) is 0 Å². The fourth-order valence-electron chi connectivity index (χ4n) is 2.02. The number of benzene rings is 1. The fraction of sp³-hybridized carbons (Fsp3) is 0.429. The van der Waals surface area contributed by atoms with Crippen molar-refractivity contribution in [1.82, 2.24) is 10.6 Å². The van der Waals surface area contributed by atoms with Gasteiger partial charge < -0.3 is 5.32 Å². The van der Waals surface area contributed by atoms with Gasteiger partial charge in [-0.1, -0.05) is 37.3 Å². The number of imide groups is 1. The normalized spacial score (nSPS) is 13.7. The molecule has 0 fully saturated rings. The first-order chi connectivity index (χ1) is 8.67. The van der Waals surface area contributed by atoms with Crippen LogP contribution in [-0.4, -0.2) is 25.4 Å². The third kappa shape index (κ3) is 4.67. The standard InChI is InChI=1S/C14H20N2O2/c1-11(8-12-6-4-3-5-7-12)9-13(15-2)14(18)16-10-17/h3-7,10-11,13,15H,8-9H2,1-2H3,(H,16,17,18). The molecule has 98 valence electrons. The smallest absolute Gasteiger partial charge is 0.243 e. The van der Waals surface area contributed by atoms with E-state index < -0.39 is 0 Å². The number of rotatable bonds is 7. The van der Waals surface area contributed by atoms with Gasteiger partial charge in [0.15, 0.2) is 0 Å². The van der Waals surface area contributed by atoms with Gasteiger partial charge in [0.1, 0.15) is 0 Å². The Balaban J connectivity index is 2.49. The number of hydrogen-bond acceptors (Lipinski definition) is 3. The molecule has 2 amide bonds. The summed E-state index contributed by atoms with van der Waals surface area (Å²) in [5, 5.41) is 5.12. The number of likely N-dealkylation sites (N-methyl/N-ethyl adjacent to an activating group) is 1. The molecular formula is C14H20N2O2. The highest BCUT2D eigenvalue weighted by atomic mass is 16.2. The van der Waals surface area contributed by atoms with Crippen LogP contribution in [0, 0.1) is 5.92 Å². The Morgan fingerprint density at radius 1 is 1.33 bits per heavy atom. The van der Waals surface area contributed by atoms with Gasteiger partial charge in [0.05, 0.1) is 6.04 Å². The largest absolute Gasteiger partial charge is 0.309 e. The van der Waals surface area contributed by atoms with E-state index >= 15 is 0 Å². The Morgan fingerprint density at radius 2 is 2.00 bits per heavy atom. The maximum Gasteiger partial charge on any atom is 0.243 e. The molecule has 1 rings (SSSR count). The van der Waals surface area contributed by atoms with E-state index in [9.17, 15) is 9.59 Å². The molecule has 1 aromatic carbocycles. The van der Waals surface area contributed by atoms with E-state index in [-0.39, 0.29) is 11.9 Å². The molecule has 4 heteroatoms. The van der Waals surface area contributed by atoms with Crippen molar-refractivity contribution in [1.29, 1.82) is 0 Å². The highest BCUT2D eigenvalue weighted by Gasteiger charge is 2.18. The second-order valence-electron chi connectivity index (χ2n) is 4.50. The Labute approximate surface area is 108 Å². The van der Waals surface area contributed by atoms with Crippen LogP contribution in [-0.2, 0) is 16.0 Å².